The highest BCUT2D eigenvalue weighted by molar-refractivity contribution is 7.90. The lowest BCUT2D eigenvalue weighted by atomic mass is 10.2. The lowest BCUT2D eigenvalue weighted by molar-refractivity contribution is 0.0993. The average Bonchev–Trinajstić information content (AvgIpc) is 3.04. The van der Waals surface area contributed by atoms with Gasteiger partial charge in [-0.2, -0.15) is 4.99 Å². The van der Waals surface area contributed by atoms with Crippen molar-refractivity contribution in [2.45, 2.75) is 25.3 Å². The maximum atomic E-state index is 12.9. The van der Waals surface area contributed by atoms with Gasteiger partial charge in [-0.3, -0.25) is 4.79 Å². The fraction of sp³-hybridized carbons (Fsp3) is 0.333. The number of nitrogens with zero attached hydrogens (tertiary/aromatic N) is 2. The predicted molar refractivity (Wildman–Crippen MR) is 117 cm³/mol. The molecule has 0 bridgehead atoms. The van der Waals surface area contributed by atoms with E-state index in [-0.39, 0.29) is 10.5 Å². The maximum absolute atomic E-state index is 12.9. The summed E-state index contributed by atoms with van der Waals surface area (Å²) in [4.78, 5) is 17.6. The number of fused-ring (bicyclic) bond motifs is 1. The summed E-state index contributed by atoms with van der Waals surface area (Å²) in [7, 11) is -3.56. The molecule has 7 nitrogen and oxygen atoms in total. The van der Waals surface area contributed by atoms with Crippen molar-refractivity contribution < 1.29 is 22.7 Å². The number of hydrogen-bond donors (Lipinski definition) is 0. The minimum atomic E-state index is -3.56. The van der Waals surface area contributed by atoms with Crippen LogP contribution in [0.1, 0.15) is 24.2 Å². The van der Waals surface area contributed by atoms with E-state index in [1.165, 1.54) is 23.5 Å². The minimum Gasteiger partial charge on any atom is -0.494 e. The van der Waals surface area contributed by atoms with Crippen LogP contribution < -0.4 is 9.54 Å². The summed E-state index contributed by atoms with van der Waals surface area (Å²) >= 11 is 1.35. The van der Waals surface area contributed by atoms with Crippen molar-refractivity contribution >= 4 is 37.3 Å². The summed E-state index contributed by atoms with van der Waals surface area (Å²) in [5, 5.41) is 0. The quantitative estimate of drug-likeness (QED) is 0.494. The van der Waals surface area contributed by atoms with Crippen molar-refractivity contribution in [3.05, 3.63) is 52.8 Å². The van der Waals surface area contributed by atoms with Gasteiger partial charge in [-0.1, -0.05) is 23.5 Å². The Kier molecular flexibility index (Phi) is 7.06. The molecule has 160 valence electrons. The van der Waals surface area contributed by atoms with E-state index in [2.05, 4.69) is 4.99 Å². The molecule has 0 spiro atoms. The van der Waals surface area contributed by atoms with Crippen LogP contribution in [0.2, 0.25) is 0 Å². The van der Waals surface area contributed by atoms with E-state index in [0.29, 0.717) is 31.2 Å². The van der Waals surface area contributed by atoms with Crippen molar-refractivity contribution in [2.75, 3.05) is 26.1 Å². The van der Waals surface area contributed by atoms with Crippen LogP contribution in [0.4, 0.5) is 0 Å². The number of hydrogen-bond acceptors (Lipinski definition) is 6. The van der Waals surface area contributed by atoms with Crippen molar-refractivity contribution in [1.29, 1.82) is 0 Å². The smallest absolute Gasteiger partial charge is 0.280 e. The maximum Gasteiger partial charge on any atom is 0.280 e. The average molecular weight is 449 g/mol. The normalized spacial score (nSPS) is 12.4. The highest BCUT2D eigenvalue weighted by Gasteiger charge is 2.18. The summed E-state index contributed by atoms with van der Waals surface area (Å²) in [6, 6.07) is 11.8. The molecule has 0 radical (unpaired) electrons. The van der Waals surface area contributed by atoms with Crippen molar-refractivity contribution in [2.24, 2.45) is 4.99 Å². The van der Waals surface area contributed by atoms with Gasteiger partial charge in [0.1, 0.15) is 5.75 Å². The van der Waals surface area contributed by atoms with E-state index in [4.69, 9.17) is 9.47 Å². The lowest BCUT2D eigenvalue weighted by Gasteiger charge is -2.07. The molecular weight excluding hydrogens is 424 g/mol. The van der Waals surface area contributed by atoms with Gasteiger partial charge in [0.25, 0.3) is 5.91 Å². The Morgan fingerprint density at radius 2 is 1.90 bits per heavy atom. The van der Waals surface area contributed by atoms with Gasteiger partial charge < -0.3 is 14.0 Å². The van der Waals surface area contributed by atoms with E-state index >= 15 is 0 Å². The first-order valence-corrected chi connectivity index (χ1v) is 12.3. The van der Waals surface area contributed by atoms with Gasteiger partial charge in [-0.15, -0.1) is 0 Å². The molecule has 1 aromatic heterocycles. The lowest BCUT2D eigenvalue weighted by Crippen LogP contribution is -2.20. The van der Waals surface area contributed by atoms with Crippen molar-refractivity contribution in [1.82, 2.24) is 4.57 Å². The molecule has 0 unspecified atom stereocenters. The predicted octanol–water partition coefficient (Wildman–Crippen LogP) is 3.28. The minimum absolute atomic E-state index is 0.0284. The third kappa shape index (κ3) is 4.97. The van der Waals surface area contributed by atoms with Crippen molar-refractivity contribution in [3.63, 3.8) is 0 Å². The highest BCUT2D eigenvalue weighted by atomic mass is 32.2. The molecule has 0 N–H and O–H groups in total. The molecule has 3 rings (SSSR count). The molecule has 30 heavy (non-hydrogen) atoms. The molecule has 0 saturated heterocycles. The molecule has 0 fully saturated rings. The number of sulfone groups is 1. The van der Waals surface area contributed by atoms with Crippen LogP contribution in [-0.2, 0) is 21.1 Å². The number of aromatic nitrogens is 1. The van der Waals surface area contributed by atoms with E-state index in [0.717, 1.165) is 22.2 Å². The molecule has 1 amide bonds. The summed E-state index contributed by atoms with van der Waals surface area (Å²) in [5.74, 6) is 0.140. The SMILES string of the molecule is CCOCCn1c(=NC(=O)c2ccccc2S(C)(=O)=O)sc2cc(OCC)ccc21. The third-order valence-electron chi connectivity index (χ3n) is 4.34. The first-order valence-electron chi connectivity index (χ1n) is 9.57. The Hall–Kier alpha value is -2.49. The first-order chi connectivity index (χ1) is 14.3. The summed E-state index contributed by atoms with van der Waals surface area (Å²) in [6.45, 7) is 5.96. The molecular formula is C21H24N2O5S2. The molecule has 2 aromatic carbocycles. The number of ether oxygens (including phenoxy) is 2. The number of carbonyl (C=O) groups is 1. The fourth-order valence-corrected chi connectivity index (χ4v) is 4.99. The topological polar surface area (TPSA) is 87.0 Å². The molecule has 0 aliphatic carbocycles. The van der Waals surface area contributed by atoms with Crippen LogP contribution in [0.25, 0.3) is 10.2 Å². The monoisotopic (exact) mass is 448 g/mol. The van der Waals surface area contributed by atoms with Crippen LogP contribution in [0.15, 0.2) is 52.4 Å². The number of thiazole rings is 1. The van der Waals surface area contributed by atoms with Gasteiger partial charge in [0, 0.05) is 19.4 Å². The van der Waals surface area contributed by atoms with Crippen molar-refractivity contribution in [3.8, 4) is 5.75 Å². The van der Waals surface area contributed by atoms with Crippen LogP contribution in [0.5, 0.6) is 5.75 Å². The van der Waals surface area contributed by atoms with Gasteiger partial charge in [-0.25, -0.2) is 8.42 Å². The van der Waals surface area contributed by atoms with E-state index in [1.54, 1.807) is 12.1 Å². The second-order valence-corrected chi connectivity index (χ2v) is 9.47. The second kappa shape index (κ2) is 9.55. The van der Waals surface area contributed by atoms with Gasteiger partial charge in [0.2, 0.25) is 0 Å². The number of carbonyl (C=O) groups excluding carboxylic acids is 1. The Morgan fingerprint density at radius 3 is 2.60 bits per heavy atom. The largest absolute Gasteiger partial charge is 0.494 e. The Labute approximate surface area is 179 Å². The molecule has 9 heteroatoms. The zero-order valence-electron chi connectivity index (χ0n) is 17.1. The summed E-state index contributed by atoms with van der Waals surface area (Å²) < 4.78 is 38.0. The zero-order valence-corrected chi connectivity index (χ0v) is 18.8. The van der Waals surface area contributed by atoms with Gasteiger partial charge in [0.05, 0.1) is 33.9 Å². The number of amides is 1. The second-order valence-electron chi connectivity index (χ2n) is 6.48. The number of rotatable bonds is 8. The van der Waals surface area contributed by atoms with E-state index in [1.807, 2.05) is 36.6 Å². The Bertz CT molecular complexity index is 1230. The molecule has 0 saturated carbocycles. The van der Waals surface area contributed by atoms with Gasteiger partial charge in [0.15, 0.2) is 14.6 Å². The Morgan fingerprint density at radius 1 is 1.13 bits per heavy atom. The van der Waals surface area contributed by atoms with E-state index < -0.39 is 15.7 Å². The molecule has 0 aliphatic heterocycles. The van der Waals surface area contributed by atoms with Crippen LogP contribution in [0, 0.1) is 0 Å². The van der Waals surface area contributed by atoms with Crippen LogP contribution in [-0.4, -0.2) is 45.0 Å². The summed E-state index contributed by atoms with van der Waals surface area (Å²) in [5.41, 5.74) is 0.968. The fourth-order valence-electron chi connectivity index (χ4n) is 3.03. The number of benzene rings is 2. The third-order valence-corrected chi connectivity index (χ3v) is 6.54. The molecule has 3 aromatic rings. The highest BCUT2D eigenvalue weighted by Crippen LogP contribution is 2.24. The standard InChI is InChI=1S/C21H24N2O5S2/c1-4-27-13-12-23-17-11-10-15(28-5-2)14-18(17)29-21(23)22-20(24)16-8-6-7-9-19(16)30(3,25)26/h6-11,14H,4-5,12-13H2,1-3H3. The van der Waals surface area contributed by atoms with Crippen LogP contribution in [0.3, 0.4) is 0 Å². The molecule has 1 heterocycles. The van der Waals surface area contributed by atoms with Gasteiger partial charge >= 0.3 is 0 Å². The summed E-state index contributed by atoms with van der Waals surface area (Å²) in [6.07, 6.45) is 1.08. The molecule has 0 atom stereocenters. The van der Waals surface area contributed by atoms with E-state index in [9.17, 15) is 13.2 Å². The molecule has 0 aliphatic rings. The Balaban J connectivity index is 2.12. The van der Waals surface area contributed by atoms with Gasteiger partial charge in [-0.05, 0) is 44.2 Å². The zero-order chi connectivity index (χ0) is 21.7. The van der Waals surface area contributed by atoms with Crippen LogP contribution >= 0.6 is 11.3 Å². The first kappa shape index (κ1) is 22.2.